The Hall–Kier alpha value is -1.65. The normalized spacial score (nSPS) is 25.1. The van der Waals surface area contributed by atoms with Crippen molar-refractivity contribution in [2.24, 2.45) is 0 Å². The van der Waals surface area contributed by atoms with Crippen molar-refractivity contribution < 1.29 is 22.4 Å². The van der Waals surface area contributed by atoms with Gasteiger partial charge in [-0.05, 0) is 25.5 Å². The lowest BCUT2D eigenvalue weighted by Gasteiger charge is -2.30. The lowest BCUT2D eigenvalue weighted by Crippen LogP contribution is -2.50. The van der Waals surface area contributed by atoms with Crippen LogP contribution >= 0.6 is 24.0 Å². The van der Waals surface area contributed by atoms with Crippen molar-refractivity contribution in [2.75, 3.05) is 18.6 Å². The number of thioether (sulfide) groups is 1. The average Bonchev–Trinajstić information content (AvgIpc) is 3.27. The molecule has 2 atom stereocenters. The fourth-order valence-corrected chi connectivity index (χ4v) is 6.16. The Kier molecular flexibility index (Phi) is 5.27. The second-order valence-electron chi connectivity index (χ2n) is 6.25. The predicted molar refractivity (Wildman–Crippen MR) is 103 cm³/mol. The maximum atomic E-state index is 12.8. The fraction of sp³-hybridized carbons (Fsp3) is 0.438. The molecule has 0 saturated carbocycles. The molecule has 2 fully saturated rings. The molecule has 0 bridgehead atoms. The second kappa shape index (κ2) is 7.16. The summed E-state index contributed by atoms with van der Waals surface area (Å²) in [6.07, 6.45) is 3.50. The topological polar surface area (TPSA) is 87.9 Å². The Morgan fingerprint density at radius 2 is 2.27 bits per heavy atom. The molecule has 0 aliphatic carbocycles. The van der Waals surface area contributed by atoms with Gasteiger partial charge in [-0.2, -0.15) is 0 Å². The van der Waals surface area contributed by atoms with E-state index in [4.69, 9.17) is 16.6 Å². The molecule has 0 spiro atoms. The molecular weight excluding hydrogens is 396 g/mol. The quantitative estimate of drug-likeness (QED) is 0.545. The highest BCUT2D eigenvalue weighted by atomic mass is 32.2. The van der Waals surface area contributed by atoms with Crippen LogP contribution in [0.1, 0.15) is 19.1 Å². The minimum atomic E-state index is -3.10. The van der Waals surface area contributed by atoms with Crippen molar-refractivity contribution in [2.45, 2.75) is 25.4 Å². The van der Waals surface area contributed by atoms with Crippen LogP contribution in [0.2, 0.25) is 0 Å². The van der Waals surface area contributed by atoms with Gasteiger partial charge in [-0.3, -0.25) is 14.5 Å². The minimum Gasteiger partial charge on any atom is -0.465 e. The van der Waals surface area contributed by atoms with Crippen LogP contribution < -0.4 is 0 Å². The molecule has 0 unspecified atom stereocenters. The molecule has 2 amide bonds. The van der Waals surface area contributed by atoms with Gasteiger partial charge < -0.3 is 9.32 Å². The number of carbonyl (C=O) groups is 2. The van der Waals surface area contributed by atoms with Crippen LogP contribution in [0, 0.1) is 0 Å². The highest BCUT2D eigenvalue weighted by molar-refractivity contribution is 8.26. The number of amides is 2. The molecule has 0 N–H and O–H groups in total. The van der Waals surface area contributed by atoms with E-state index in [9.17, 15) is 18.0 Å². The van der Waals surface area contributed by atoms with Gasteiger partial charge in [0.15, 0.2) is 9.84 Å². The first kappa shape index (κ1) is 19.1. The summed E-state index contributed by atoms with van der Waals surface area (Å²) >= 11 is 6.39. The standard InChI is InChI=1S/C16H18N2O5S3/c1-10(14(19)17(2)11-5-7-26(21,22)9-11)18-15(20)13(25-16(18)24)8-12-4-3-6-23-12/h3-4,6,8,10-11H,5,7,9H2,1-2H3/b13-8+/t10-,11-/m0/s1. The molecule has 26 heavy (non-hydrogen) atoms. The van der Waals surface area contributed by atoms with Crippen molar-refractivity contribution in [3.63, 3.8) is 0 Å². The molecule has 7 nitrogen and oxygen atoms in total. The van der Waals surface area contributed by atoms with Gasteiger partial charge in [-0.15, -0.1) is 0 Å². The van der Waals surface area contributed by atoms with Gasteiger partial charge in [0.25, 0.3) is 5.91 Å². The maximum Gasteiger partial charge on any atom is 0.267 e. The smallest absolute Gasteiger partial charge is 0.267 e. The number of carbonyl (C=O) groups excluding carboxylic acids is 2. The summed E-state index contributed by atoms with van der Waals surface area (Å²) in [5, 5.41) is 0. The van der Waals surface area contributed by atoms with Gasteiger partial charge in [0.2, 0.25) is 5.91 Å². The zero-order chi connectivity index (χ0) is 19.1. The van der Waals surface area contributed by atoms with Crippen molar-refractivity contribution in [3.05, 3.63) is 29.1 Å². The van der Waals surface area contributed by atoms with Gasteiger partial charge in [0.1, 0.15) is 16.1 Å². The van der Waals surface area contributed by atoms with Crippen LogP contribution in [0.5, 0.6) is 0 Å². The van der Waals surface area contributed by atoms with E-state index >= 15 is 0 Å². The Balaban J connectivity index is 1.74. The molecule has 2 aliphatic heterocycles. The zero-order valence-electron chi connectivity index (χ0n) is 14.2. The van der Waals surface area contributed by atoms with Gasteiger partial charge in [-0.1, -0.05) is 24.0 Å². The van der Waals surface area contributed by atoms with E-state index in [1.54, 1.807) is 32.2 Å². The number of nitrogens with zero attached hydrogens (tertiary/aromatic N) is 2. The Bertz CT molecular complexity index is 876. The fourth-order valence-electron chi connectivity index (χ4n) is 2.98. The van der Waals surface area contributed by atoms with Crippen LogP contribution in [0.4, 0.5) is 0 Å². The first-order chi connectivity index (χ1) is 12.2. The maximum absolute atomic E-state index is 12.8. The zero-order valence-corrected chi connectivity index (χ0v) is 16.7. The van der Waals surface area contributed by atoms with E-state index in [0.717, 1.165) is 11.8 Å². The van der Waals surface area contributed by atoms with Crippen molar-refractivity contribution >= 4 is 56.0 Å². The Morgan fingerprint density at radius 3 is 2.85 bits per heavy atom. The number of likely N-dealkylation sites (N-methyl/N-ethyl adjacent to an activating group) is 1. The van der Waals surface area contributed by atoms with Crippen molar-refractivity contribution in [1.82, 2.24) is 9.80 Å². The first-order valence-electron chi connectivity index (χ1n) is 7.97. The molecule has 140 valence electrons. The largest absolute Gasteiger partial charge is 0.465 e. The van der Waals surface area contributed by atoms with Gasteiger partial charge in [-0.25, -0.2) is 8.42 Å². The molecule has 1 aromatic heterocycles. The molecule has 2 saturated heterocycles. The summed E-state index contributed by atoms with van der Waals surface area (Å²) < 4.78 is 28.8. The van der Waals surface area contributed by atoms with Crippen LogP contribution in [-0.4, -0.2) is 65.0 Å². The average molecular weight is 415 g/mol. The summed E-state index contributed by atoms with van der Waals surface area (Å²) in [6, 6.07) is 2.25. The van der Waals surface area contributed by atoms with E-state index in [0.29, 0.717) is 21.4 Å². The highest BCUT2D eigenvalue weighted by Gasteiger charge is 2.41. The van der Waals surface area contributed by atoms with Gasteiger partial charge in [0, 0.05) is 19.2 Å². The summed E-state index contributed by atoms with van der Waals surface area (Å²) in [4.78, 5) is 28.5. The molecule has 10 heteroatoms. The lowest BCUT2D eigenvalue weighted by molar-refractivity contribution is -0.139. The van der Waals surface area contributed by atoms with Crippen LogP contribution in [-0.2, 0) is 19.4 Å². The molecule has 1 aromatic rings. The molecule has 2 aliphatic rings. The number of thiocarbonyl (C=S) groups is 1. The molecule has 3 heterocycles. The lowest BCUT2D eigenvalue weighted by atomic mass is 10.2. The second-order valence-corrected chi connectivity index (χ2v) is 10.2. The van der Waals surface area contributed by atoms with Crippen LogP contribution in [0.15, 0.2) is 27.7 Å². The van der Waals surface area contributed by atoms with Crippen LogP contribution in [0.25, 0.3) is 6.08 Å². The van der Waals surface area contributed by atoms with E-state index < -0.39 is 15.9 Å². The van der Waals surface area contributed by atoms with E-state index in [-0.39, 0.29) is 29.4 Å². The number of rotatable bonds is 4. The number of furan rings is 1. The highest BCUT2D eigenvalue weighted by Crippen LogP contribution is 2.34. The third kappa shape index (κ3) is 3.72. The Labute approximate surface area is 161 Å². The third-order valence-corrected chi connectivity index (χ3v) is 7.57. The first-order valence-corrected chi connectivity index (χ1v) is 11.0. The van der Waals surface area contributed by atoms with Gasteiger partial charge >= 0.3 is 0 Å². The SMILES string of the molecule is C[C@@H](C(=O)N(C)[C@H]1CCS(=O)(=O)C1)N1C(=O)/C(=C\c2ccco2)SC1=S. The summed E-state index contributed by atoms with van der Waals surface area (Å²) in [7, 11) is -1.53. The van der Waals surface area contributed by atoms with Crippen LogP contribution in [0.3, 0.4) is 0 Å². The predicted octanol–water partition coefficient (Wildman–Crippen LogP) is 1.51. The molecule has 0 radical (unpaired) electrons. The monoisotopic (exact) mass is 414 g/mol. The minimum absolute atomic E-state index is 0.0429. The summed E-state index contributed by atoms with van der Waals surface area (Å²) in [5.41, 5.74) is 0. The third-order valence-electron chi connectivity index (χ3n) is 4.49. The van der Waals surface area contributed by atoms with Crippen molar-refractivity contribution in [3.8, 4) is 0 Å². The molecule has 0 aromatic carbocycles. The molecular formula is C16H18N2O5S3. The number of hydrogen-bond donors (Lipinski definition) is 0. The summed E-state index contributed by atoms with van der Waals surface area (Å²) in [5.74, 6) is -0.125. The van der Waals surface area contributed by atoms with E-state index in [2.05, 4.69) is 0 Å². The van der Waals surface area contributed by atoms with E-state index in [1.807, 2.05) is 0 Å². The van der Waals surface area contributed by atoms with Gasteiger partial charge in [0.05, 0.1) is 22.7 Å². The number of hydrogen-bond acceptors (Lipinski definition) is 7. The summed E-state index contributed by atoms with van der Waals surface area (Å²) in [6.45, 7) is 1.60. The van der Waals surface area contributed by atoms with Crippen molar-refractivity contribution in [1.29, 1.82) is 0 Å². The molecule has 3 rings (SSSR count). The van der Waals surface area contributed by atoms with E-state index in [1.165, 1.54) is 16.1 Å². The Morgan fingerprint density at radius 1 is 1.54 bits per heavy atom. The number of sulfone groups is 1.